The highest BCUT2D eigenvalue weighted by molar-refractivity contribution is 14.1. The Morgan fingerprint density at radius 1 is 1.43 bits per heavy atom. The summed E-state index contributed by atoms with van der Waals surface area (Å²) in [7, 11) is 0. The van der Waals surface area contributed by atoms with E-state index in [1.165, 1.54) is 0 Å². The summed E-state index contributed by atoms with van der Waals surface area (Å²) >= 11 is 10.1. The average Bonchev–Trinajstić information content (AvgIpc) is 2.87. The number of hydrazine groups is 1. The Morgan fingerprint density at radius 3 is 2.71 bits per heavy atom. The van der Waals surface area contributed by atoms with Gasteiger partial charge in [0, 0.05) is 25.8 Å². The Bertz CT molecular complexity index is 622. The normalized spacial score (nSPS) is 13.4. The molecule has 0 radical (unpaired) electrons. The smallest absolute Gasteiger partial charge is 0.0948 e. The molecule has 0 fully saturated rings. The van der Waals surface area contributed by atoms with Gasteiger partial charge in [-0.25, -0.2) is 4.98 Å². The van der Waals surface area contributed by atoms with Crippen molar-refractivity contribution >= 4 is 45.5 Å². The van der Waals surface area contributed by atoms with Gasteiger partial charge < -0.3 is 0 Å². The third kappa shape index (κ3) is 4.39. The summed E-state index contributed by atoms with van der Waals surface area (Å²) in [5.74, 6) is 5.74. The van der Waals surface area contributed by atoms with E-state index in [2.05, 4.69) is 54.2 Å². The molecule has 1 unspecified atom stereocenters. The van der Waals surface area contributed by atoms with Gasteiger partial charge in [-0.1, -0.05) is 32.4 Å². The zero-order valence-electron chi connectivity index (χ0n) is 12.3. The highest BCUT2D eigenvalue weighted by Gasteiger charge is 2.20. The van der Waals surface area contributed by atoms with E-state index in [4.69, 9.17) is 22.4 Å². The summed E-state index contributed by atoms with van der Waals surface area (Å²) < 4.78 is 1.15. The van der Waals surface area contributed by atoms with E-state index in [0.29, 0.717) is 0 Å². The predicted molar refractivity (Wildman–Crippen MR) is 98.8 cm³/mol. The van der Waals surface area contributed by atoms with E-state index in [0.717, 1.165) is 31.3 Å². The number of nitrogens with zero attached hydrogens (tertiary/aromatic N) is 1. The molecule has 0 bridgehead atoms. The molecule has 0 saturated carbocycles. The molecule has 2 rings (SSSR count). The lowest BCUT2D eigenvalue weighted by Gasteiger charge is -2.17. The van der Waals surface area contributed by atoms with Crippen LogP contribution >= 0.6 is 45.5 Å². The number of benzene rings is 1. The lowest BCUT2D eigenvalue weighted by molar-refractivity contribution is 0.539. The third-order valence-electron chi connectivity index (χ3n) is 3.23. The molecule has 3 N–H and O–H groups in total. The van der Waals surface area contributed by atoms with E-state index in [-0.39, 0.29) is 11.5 Å². The molecule has 6 heteroatoms. The van der Waals surface area contributed by atoms with Crippen LogP contribution in [0.25, 0.3) is 0 Å². The largest absolute Gasteiger partial charge is 0.271 e. The van der Waals surface area contributed by atoms with Crippen LogP contribution in [-0.4, -0.2) is 4.98 Å². The van der Waals surface area contributed by atoms with E-state index < -0.39 is 0 Å². The maximum absolute atomic E-state index is 6.10. The van der Waals surface area contributed by atoms with Crippen LogP contribution in [0.15, 0.2) is 23.6 Å². The quantitative estimate of drug-likeness (QED) is 0.424. The van der Waals surface area contributed by atoms with Crippen molar-refractivity contribution in [2.24, 2.45) is 5.84 Å². The number of hydrogen-bond acceptors (Lipinski definition) is 4. The first-order valence-corrected chi connectivity index (χ1v) is 9.01. The Balaban J connectivity index is 2.23. The molecular weight excluding hydrogens is 417 g/mol. The number of hydrogen-bond donors (Lipinski definition) is 2. The molecule has 21 heavy (non-hydrogen) atoms. The standard InChI is InChI=1S/C15H19ClIN3S/c1-15(2,3)13-8-21-14(19-13)7-12(20-18)10-6-9(16)4-5-11(10)17/h4-6,8,12,20H,7,18H2,1-3H3. The SMILES string of the molecule is CC(C)(C)c1csc(CC(NN)c2cc(Cl)ccc2I)n1. The second kappa shape index (κ2) is 6.91. The van der Waals surface area contributed by atoms with Crippen molar-refractivity contribution in [3.05, 3.63) is 48.4 Å². The van der Waals surface area contributed by atoms with Crippen LogP contribution in [0.1, 0.15) is 43.1 Å². The molecule has 0 saturated heterocycles. The first kappa shape index (κ1) is 17.1. The summed E-state index contributed by atoms with van der Waals surface area (Å²) in [6, 6.07) is 5.87. The zero-order valence-corrected chi connectivity index (χ0v) is 16.0. The van der Waals surface area contributed by atoms with Gasteiger partial charge in [0.1, 0.15) is 0 Å². The molecule has 3 nitrogen and oxygen atoms in total. The molecule has 1 aromatic carbocycles. The summed E-state index contributed by atoms with van der Waals surface area (Å²) in [4.78, 5) is 4.73. The first-order valence-electron chi connectivity index (χ1n) is 6.67. The van der Waals surface area contributed by atoms with Crippen LogP contribution in [0, 0.1) is 3.57 Å². The molecule has 1 aromatic heterocycles. The van der Waals surface area contributed by atoms with Crippen LogP contribution < -0.4 is 11.3 Å². The number of halogens is 2. The molecule has 114 valence electrons. The van der Waals surface area contributed by atoms with Crippen molar-refractivity contribution in [2.45, 2.75) is 38.6 Å². The molecule has 2 aromatic rings. The maximum atomic E-state index is 6.10. The lowest BCUT2D eigenvalue weighted by atomic mass is 9.93. The minimum Gasteiger partial charge on any atom is -0.271 e. The number of thiazole rings is 1. The molecule has 0 aliphatic carbocycles. The molecule has 1 atom stereocenters. The van der Waals surface area contributed by atoms with Crippen LogP contribution in [0.4, 0.5) is 0 Å². The summed E-state index contributed by atoms with van der Waals surface area (Å²) in [5, 5.41) is 3.94. The fourth-order valence-electron chi connectivity index (χ4n) is 1.96. The Kier molecular flexibility index (Phi) is 5.65. The monoisotopic (exact) mass is 435 g/mol. The number of rotatable bonds is 4. The molecule has 1 heterocycles. The molecule has 0 aliphatic heterocycles. The van der Waals surface area contributed by atoms with Crippen molar-refractivity contribution in [2.75, 3.05) is 0 Å². The number of nitrogens with two attached hydrogens (primary N) is 1. The van der Waals surface area contributed by atoms with E-state index in [1.807, 2.05) is 18.2 Å². The molecular formula is C15H19ClIN3S. The van der Waals surface area contributed by atoms with Crippen molar-refractivity contribution in [3.63, 3.8) is 0 Å². The Morgan fingerprint density at radius 2 is 2.14 bits per heavy atom. The Labute approximate surface area is 148 Å². The minimum absolute atomic E-state index is 0.00886. The predicted octanol–water partition coefficient (Wildman–Crippen LogP) is 4.45. The van der Waals surface area contributed by atoms with Gasteiger partial charge in [-0.05, 0) is 46.4 Å². The van der Waals surface area contributed by atoms with Crippen molar-refractivity contribution in [3.8, 4) is 0 Å². The van der Waals surface area contributed by atoms with Crippen molar-refractivity contribution in [1.82, 2.24) is 10.4 Å². The molecule has 0 spiro atoms. The van der Waals surface area contributed by atoms with Gasteiger partial charge in [-0.15, -0.1) is 11.3 Å². The highest BCUT2D eigenvalue weighted by atomic mass is 127. The minimum atomic E-state index is 0.00886. The number of nitrogens with one attached hydrogen (secondary N) is 1. The van der Waals surface area contributed by atoms with Gasteiger partial charge in [0.25, 0.3) is 0 Å². The van der Waals surface area contributed by atoms with Gasteiger partial charge >= 0.3 is 0 Å². The van der Waals surface area contributed by atoms with Crippen LogP contribution in [-0.2, 0) is 11.8 Å². The third-order valence-corrected chi connectivity index (χ3v) is 5.32. The number of aromatic nitrogens is 1. The first-order chi connectivity index (χ1) is 9.81. The lowest BCUT2D eigenvalue weighted by Crippen LogP contribution is -2.30. The zero-order chi connectivity index (χ0) is 15.6. The topological polar surface area (TPSA) is 50.9 Å². The summed E-state index contributed by atoms with van der Waals surface area (Å²) in [5.41, 5.74) is 5.19. The van der Waals surface area contributed by atoms with Crippen LogP contribution in [0.2, 0.25) is 5.02 Å². The van der Waals surface area contributed by atoms with E-state index in [9.17, 15) is 0 Å². The van der Waals surface area contributed by atoms with Gasteiger partial charge in [0.05, 0.1) is 16.7 Å². The van der Waals surface area contributed by atoms with Crippen molar-refractivity contribution in [1.29, 1.82) is 0 Å². The fraction of sp³-hybridized carbons (Fsp3) is 0.400. The van der Waals surface area contributed by atoms with Gasteiger partial charge in [-0.3, -0.25) is 11.3 Å². The summed E-state index contributed by atoms with van der Waals surface area (Å²) in [6.07, 6.45) is 0.758. The van der Waals surface area contributed by atoms with Crippen molar-refractivity contribution < 1.29 is 0 Å². The summed E-state index contributed by atoms with van der Waals surface area (Å²) in [6.45, 7) is 6.51. The maximum Gasteiger partial charge on any atom is 0.0948 e. The van der Waals surface area contributed by atoms with Gasteiger partial charge in [0.15, 0.2) is 0 Å². The molecule has 0 aliphatic rings. The van der Waals surface area contributed by atoms with Crippen LogP contribution in [0.3, 0.4) is 0 Å². The van der Waals surface area contributed by atoms with Gasteiger partial charge in [0.2, 0.25) is 0 Å². The second-order valence-electron chi connectivity index (χ2n) is 5.97. The average molecular weight is 436 g/mol. The van der Waals surface area contributed by atoms with Crippen LogP contribution in [0.5, 0.6) is 0 Å². The second-order valence-corrected chi connectivity index (χ2v) is 8.51. The van der Waals surface area contributed by atoms with E-state index >= 15 is 0 Å². The molecule has 0 amide bonds. The highest BCUT2D eigenvalue weighted by Crippen LogP contribution is 2.29. The van der Waals surface area contributed by atoms with Gasteiger partial charge in [-0.2, -0.15) is 0 Å². The Hall–Kier alpha value is -0.210. The van der Waals surface area contributed by atoms with E-state index in [1.54, 1.807) is 11.3 Å². The fourth-order valence-corrected chi connectivity index (χ4v) is 3.92.